The molecule has 2 heterocycles. The first-order valence-corrected chi connectivity index (χ1v) is 7.34. The number of aryl methyl sites for hydroxylation is 1. The van der Waals surface area contributed by atoms with E-state index in [0.29, 0.717) is 5.69 Å². The minimum atomic E-state index is -0.189. The molecule has 0 saturated heterocycles. The summed E-state index contributed by atoms with van der Waals surface area (Å²) >= 11 is 0. The van der Waals surface area contributed by atoms with E-state index in [1.54, 1.807) is 24.8 Å². The van der Waals surface area contributed by atoms with Crippen LogP contribution in [0.3, 0.4) is 0 Å². The lowest BCUT2D eigenvalue weighted by atomic mass is 9.95. The number of nitrogens with zero attached hydrogens (tertiary/aromatic N) is 4. The Morgan fingerprint density at radius 2 is 2.14 bits per heavy atom. The highest BCUT2D eigenvalue weighted by atomic mass is 16.2. The molecule has 0 spiro atoms. The Hall–Kier alpha value is -2.24. The van der Waals surface area contributed by atoms with Crippen molar-refractivity contribution in [3.63, 3.8) is 0 Å². The van der Waals surface area contributed by atoms with Crippen LogP contribution in [0, 0.1) is 0 Å². The summed E-state index contributed by atoms with van der Waals surface area (Å²) in [6, 6.07) is 2.05. The number of hydrogen-bond acceptors (Lipinski definition) is 4. The lowest BCUT2D eigenvalue weighted by Gasteiger charge is -2.22. The Balaban J connectivity index is 1.76. The number of rotatable bonds is 3. The van der Waals surface area contributed by atoms with Gasteiger partial charge in [-0.15, -0.1) is 0 Å². The van der Waals surface area contributed by atoms with E-state index < -0.39 is 0 Å². The van der Waals surface area contributed by atoms with Crippen molar-refractivity contribution in [2.24, 2.45) is 7.05 Å². The van der Waals surface area contributed by atoms with Gasteiger partial charge in [-0.05, 0) is 18.9 Å². The maximum absolute atomic E-state index is 12.3. The van der Waals surface area contributed by atoms with E-state index in [1.807, 2.05) is 11.6 Å². The van der Waals surface area contributed by atoms with Gasteiger partial charge in [-0.25, -0.2) is 15.0 Å². The largest absolute Gasteiger partial charge is 0.347 e. The third-order valence-electron chi connectivity index (χ3n) is 3.88. The summed E-state index contributed by atoms with van der Waals surface area (Å²) in [5.41, 5.74) is 1.57. The number of imidazole rings is 1. The zero-order valence-electron chi connectivity index (χ0n) is 12.1. The fraction of sp³-hybridized carbons (Fsp3) is 0.467. The fourth-order valence-corrected chi connectivity index (χ4v) is 2.71. The molecular formula is C15H19N5O. The van der Waals surface area contributed by atoms with E-state index in [1.165, 1.54) is 19.3 Å². The van der Waals surface area contributed by atoms with Crippen LogP contribution < -0.4 is 5.32 Å². The predicted molar refractivity (Wildman–Crippen MR) is 78.6 cm³/mol. The predicted octanol–water partition coefficient (Wildman–Crippen LogP) is 1.94. The second-order valence-electron chi connectivity index (χ2n) is 5.46. The van der Waals surface area contributed by atoms with Crippen molar-refractivity contribution in [3.8, 4) is 11.4 Å². The van der Waals surface area contributed by atoms with E-state index in [-0.39, 0.29) is 17.8 Å². The molecule has 2 aromatic heterocycles. The molecule has 0 aromatic carbocycles. The molecule has 6 nitrogen and oxygen atoms in total. The molecule has 1 amide bonds. The number of aromatic nitrogens is 4. The Bertz CT molecular complexity index is 630. The second-order valence-corrected chi connectivity index (χ2v) is 5.46. The number of amides is 1. The highest BCUT2D eigenvalue weighted by Gasteiger charge is 2.18. The van der Waals surface area contributed by atoms with E-state index in [9.17, 15) is 4.79 Å². The standard InChI is InChI=1S/C15H19N5O/c1-20-10-16-9-13(20)12-7-8-17-14(19-12)15(21)18-11-5-3-2-4-6-11/h7-11H,2-6H2,1H3,(H,18,21). The smallest absolute Gasteiger partial charge is 0.289 e. The maximum Gasteiger partial charge on any atom is 0.289 e. The number of nitrogens with one attached hydrogen (secondary N) is 1. The third-order valence-corrected chi connectivity index (χ3v) is 3.88. The van der Waals surface area contributed by atoms with E-state index in [4.69, 9.17) is 0 Å². The number of hydrogen-bond donors (Lipinski definition) is 1. The SMILES string of the molecule is Cn1cncc1-c1ccnc(C(=O)NC2CCCCC2)n1. The van der Waals surface area contributed by atoms with Crippen LogP contribution in [-0.4, -0.2) is 31.5 Å². The molecule has 1 saturated carbocycles. The highest BCUT2D eigenvalue weighted by Crippen LogP contribution is 2.18. The van der Waals surface area contributed by atoms with Crippen LogP contribution in [0.4, 0.5) is 0 Å². The molecule has 1 N–H and O–H groups in total. The van der Waals surface area contributed by atoms with Gasteiger partial charge in [0.2, 0.25) is 5.82 Å². The van der Waals surface area contributed by atoms with Crippen LogP contribution in [-0.2, 0) is 7.05 Å². The van der Waals surface area contributed by atoms with Gasteiger partial charge in [-0.1, -0.05) is 19.3 Å². The number of carbonyl (C=O) groups excluding carboxylic acids is 1. The summed E-state index contributed by atoms with van der Waals surface area (Å²) in [5.74, 6) is 0.0326. The molecule has 1 aliphatic carbocycles. The van der Waals surface area contributed by atoms with Crippen LogP contribution in [0.2, 0.25) is 0 Å². The normalized spacial score (nSPS) is 15.9. The molecule has 1 aliphatic rings. The summed E-state index contributed by atoms with van der Waals surface area (Å²) in [6.07, 6.45) is 10.8. The molecule has 0 atom stereocenters. The van der Waals surface area contributed by atoms with Crippen molar-refractivity contribution in [1.82, 2.24) is 24.8 Å². The van der Waals surface area contributed by atoms with Crippen molar-refractivity contribution in [2.45, 2.75) is 38.1 Å². The molecular weight excluding hydrogens is 266 g/mol. The Morgan fingerprint density at radius 1 is 1.33 bits per heavy atom. The molecule has 6 heteroatoms. The summed E-state index contributed by atoms with van der Waals surface area (Å²) in [6.45, 7) is 0. The van der Waals surface area contributed by atoms with Gasteiger partial charge in [0.25, 0.3) is 5.91 Å². The summed E-state index contributed by atoms with van der Waals surface area (Å²) < 4.78 is 1.87. The first-order valence-electron chi connectivity index (χ1n) is 7.34. The molecule has 0 aliphatic heterocycles. The zero-order chi connectivity index (χ0) is 14.7. The topological polar surface area (TPSA) is 72.7 Å². The molecule has 0 unspecified atom stereocenters. The van der Waals surface area contributed by atoms with Gasteiger partial charge in [0.05, 0.1) is 23.9 Å². The molecule has 110 valence electrons. The second kappa shape index (κ2) is 6.03. The van der Waals surface area contributed by atoms with Crippen LogP contribution in [0.5, 0.6) is 0 Å². The average molecular weight is 285 g/mol. The molecule has 3 rings (SSSR count). The molecule has 1 fully saturated rings. The van der Waals surface area contributed by atoms with Gasteiger partial charge in [0.15, 0.2) is 0 Å². The molecule has 0 radical (unpaired) electrons. The molecule has 2 aromatic rings. The molecule has 21 heavy (non-hydrogen) atoms. The van der Waals surface area contributed by atoms with Gasteiger partial charge in [0.1, 0.15) is 0 Å². The third kappa shape index (κ3) is 3.09. The van der Waals surface area contributed by atoms with E-state index in [0.717, 1.165) is 18.5 Å². The number of carbonyl (C=O) groups is 1. The average Bonchev–Trinajstić information content (AvgIpc) is 2.94. The van der Waals surface area contributed by atoms with Gasteiger partial charge >= 0.3 is 0 Å². The van der Waals surface area contributed by atoms with E-state index >= 15 is 0 Å². The monoisotopic (exact) mass is 285 g/mol. The lowest BCUT2D eigenvalue weighted by Crippen LogP contribution is -2.37. The van der Waals surface area contributed by atoms with Crippen molar-refractivity contribution in [2.75, 3.05) is 0 Å². The van der Waals surface area contributed by atoms with Gasteiger partial charge in [0, 0.05) is 19.3 Å². The van der Waals surface area contributed by atoms with Crippen molar-refractivity contribution in [3.05, 3.63) is 30.6 Å². The fourth-order valence-electron chi connectivity index (χ4n) is 2.71. The maximum atomic E-state index is 12.3. The Kier molecular flexibility index (Phi) is 3.94. The lowest BCUT2D eigenvalue weighted by molar-refractivity contribution is 0.0917. The highest BCUT2D eigenvalue weighted by molar-refractivity contribution is 5.91. The minimum Gasteiger partial charge on any atom is -0.347 e. The zero-order valence-corrected chi connectivity index (χ0v) is 12.1. The van der Waals surface area contributed by atoms with Crippen LogP contribution in [0.25, 0.3) is 11.4 Å². The van der Waals surface area contributed by atoms with Crippen molar-refractivity contribution in [1.29, 1.82) is 0 Å². The first-order chi connectivity index (χ1) is 10.2. The van der Waals surface area contributed by atoms with Crippen molar-refractivity contribution >= 4 is 5.91 Å². The summed E-state index contributed by atoms with van der Waals surface area (Å²) in [5, 5.41) is 3.04. The quantitative estimate of drug-likeness (QED) is 0.935. The van der Waals surface area contributed by atoms with Gasteiger partial charge in [-0.3, -0.25) is 4.79 Å². The van der Waals surface area contributed by atoms with Crippen LogP contribution >= 0.6 is 0 Å². The van der Waals surface area contributed by atoms with Crippen LogP contribution in [0.1, 0.15) is 42.7 Å². The summed E-state index contributed by atoms with van der Waals surface area (Å²) in [4.78, 5) is 24.8. The Labute approximate surface area is 123 Å². The van der Waals surface area contributed by atoms with E-state index in [2.05, 4.69) is 20.3 Å². The van der Waals surface area contributed by atoms with Gasteiger partial charge < -0.3 is 9.88 Å². The minimum absolute atomic E-state index is 0.189. The Morgan fingerprint density at radius 3 is 2.86 bits per heavy atom. The summed E-state index contributed by atoms with van der Waals surface area (Å²) in [7, 11) is 1.90. The molecule has 0 bridgehead atoms. The van der Waals surface area contributed by atoms with Crippen molar-refractivity contribution < 1.29 is 4.79 Å². The first kappa shape index (κ1) is 13.7. The van der Waals surface area contributed by atoms with Crippen LogP contribution in [0.15, 0.2) is 24.8 Å². The van der Waals surface area contributed by atoms with Gasteiger partial charge in [-0.2, -0.15) is 0 Å².